The van der Waals surface area contributed by atoms with Crippen molar-refractivity contribution < 1.29 is 23.9 Å². The van der Waals surface area contributed by atoms with E-state index in [2.05, 4.69) is 5.32 Å². The number of hydrogen-bond acceptors (Lipinski definition) is 5. The molecule has 2 aromatic rings. The van der Waals surface area contributed by atoms with E-state index in [9.17, 15) is 19.2 Å². The average Bonchev–Trinajstić information content (AvgIpc) is 3.00. The number of imide groups is 1. The number of carbonyl (C=O) groups is 4. The van der Waals surface area contributed by atoms with E-state index in [0.717, 1.165) is 30.6 Å². The summed E-state index contributed by atoms with van der Waals surface area (Å²) in [7, 11) is 0. The number of anilines is 1. The maximum Gasteiger partial charge on any atom is 0.338 e. The van der Waals surface area contributed by atoms with Crippen LogP contribution in [0.1, 0.15) is 63.2 Å². The van der Waals surface area contributed by atoms with Gasteiger partial charge < -0.3 is 10.1 Å². The van der Waals surface area contributed by atoms with E-state index in [1.807, 2.05) is 0 Å². The third kappa shape index (κ3) is 4.10. The highest BCUT2D eigenvalue weighted by Gasteiger charge is 2.36. The number of nitrogens with zero attached hydrogens (tertiary/aromatic N) is 1. The number of fused-ring (bicyclic) bond motifs is 1. The van der Waals surface area contributed by atoms with Crippen LogP contribution < -0.4 is 5.32 Å². The Bertz CT molecular complexity index is 958. The summed E-state index contributed by atoms with van der Waals surface area (Å²) in [5, 5.41) is 2.65. The molecule has 154 valence electrons. The molecule has 0 atom stereocenters. The summed E-state index contributed by atoms with van der Waals surface area (Å²) in [6.45, 7) is -0.377. The summed E-state index contributed by atoms with van der Waals surface area (Å²) in [6, 6.07) is 12.8. The molecule has 1 N–H and O–H groups in total. The molecule has 4 rings (SSSR count). The molecule has 2 aliphatic rings. The van der Waals surface area contributed by atoms with E-state index in [1.54, 1.807) is 48.5 Å². The van der Waals surface area contributed by atoms with E-state index in [1.165, 1.54) is 6.42 Å². The molecule has 1 aliphatic carbocycles. The van der Waals surface area contributed by atoms with Crippen LogP contribution >= 0.6 is 0 Å². The van der Waals surface area contributed by atoms with Crippen molar-refractivity contribution >= 4 is 29.4 Å². The molecule has 1 heterocycles. The Labute approximate surface area is 174 Å². The van der Waals surface area contributed by atoms with E-state index < -0.39 is 17.7 Å². The molecule has 7 heteroatoms. The van der Waals surface area contributed by atoms with Crippen LogP contribution in [0.3, 0.4) is 0 Å². The van der Waals surface area contributed by atoms with Crippen molar-refractivity contribution in [2.24, 2.45) is 0 Å². The molecule has 0 aromatic heterocycles. The Kier molecular flexibility index (Phi) is 5.61. The van der Waals surface area contributed by atoms with Gasteiger partial charge in [0.1, 0.15) is 12.6 Å². The fraction of sp³-hybridized carbons (Fsp3) is 0.304. The predicted molar refractivity (Wildman–Crippen MR) is 109 cm³/mol. The van der Waals surface area contributed by atoms with Crippen molar-refractivity contribution in [3.63, 3.8) is 0 Å². The van der Waals surface area contributed by atoms with Crippen LogP contribution in [0.25, 0.3) is 0 Å². The van der Waals surface area contributed by atoms with E-state index >= 15 is 0 Å². The molecule has 1 aliphatic heterocycles. The van der Waals surface area contributed by atoms with Crippen molar-refractivity contribution in [2.45, 2.75) is 38.2 Å². The summed E-state index contributed by atoms with van der Waals surface area (Å²) in [4.78, 5) is 50.2. The summed E-state index contributed by atoms with van der Waals surface area (Å²) in [5.74, 6) is -1.83. The van der Waals surface area contributed by atoms with Gasteiger partial charge in [-0.05, 0) is 62.1 Å². The predicted octanol–water partition coefficient (Wildman–Crippen LogP) is 3.41. The fourth-order valence-corrected chi connectivity index (χ4v) is 3.82. The normalized spacial score (nSPS) is 16.3. The summed E-state index contributed by atoms with van der Waals surface area (Å²) >= 11 is 0. The van der Waals surface area contributed by atoms with Gasteiger partial charge in [0.2, 0.25) is 5.91 Å². The van der Waals surface area contributed by atoms with Crippen molar-refractivity contribution in [3.05, 3.63) is 65.2 Å². The minimum Gasteiger partial charge on any atom is -0.459 e. The highest BCUT2D eigenvalue weighted by molar-refractivity contribution is 6.22. The molecular weight excluding hydrogens is 384 g/mol. The van der Waals surface area contributed by atoms with Gasteiger partial charge in [0.05, 0.1) is 16.7 Å². The Hall–Kier alpha value is -3.48. The smallest absolute Gasteiger partial charge is 0.338 e. The van der Waals surface area contributed by atoms with Crippen LogP contribution in [0.15, 0.2) is 48.5 Å². The van der Waals surface area contributed by atoms with Crippen molar-refractivity contribution in [1.29, 1.82) is 0 Å². The number of hydrogen-bond donors (Lipinski definition) is 1. The van der Waals surface area contributed by atoms with Crippen LogP contribution in [0, 0.1) is 0 Å². The monoisotopic (exact) mass is 406 g/mol. The number of nitrogens with one attached hydrogen (secondary N) is 1. The molecule has 7 nitrogen and oxygen atoms in total. The lowest BCUT2D eigenvalue weighted by Crippen LogP contribution is -2.37. The Morgan fingerprint density at radius 3 is 2.10 bits per heavy atom. The topological polar surface area (TPSA) is 92.8 Å². The first kappa shape index (κ1) is 19.8. The molecule has 0 bridgehead atoms. The van der Waals surface area contributed by atoms with Crippen LogP contribution in [-0.2, 0) is 9.53 Å². The molecule has 0 radical (unpaired) electrons. The second kappa shape index (κ2) is 8.49. The van der Waals surface area contributed by atoms with Gasteiger partial charge in [-0.25, -0.2) is 4.79 Å². The zero-order chi connectivity index (χ0) is 21.1. The zero-order valence-corrected chi connectivity index (χ0v) is 16.4. The van der Waals surface area contributed by atoms with Gasteiger partial charge in [0.15, 0.2) is 0 Å². The van der Waals surface area contributed by atoms with Crippen molar-refractivity contribution in [1.82, 2.24) is 4.90 Å². The highest BCUT2D eigenvalue weighted by atomic mass is 16.5. The molecule has 0 unspecified atom stereocenters. The van der Waals surface area contributed by atoms with Crippen LogP contribution in [0.5, 0.6) is 0 Å². The van der Waals surface area contributed by atoms with Gasteiger partial charge in [-0.3, -0.25) is 19.3 Å². The summed E-state index contributed by atoms with van der Waals surface area (Å²) < 4.78 is 5.53. The van der Waals surface area contributed by atoms with Crippen molar-refractivity contribution in [2.75, 3.05) is 11.9 Å². The quantitative estimate of drug-likeness (QED) is 0.607. The lowest BCUT2D eigenvalue weighted by atomic mass is 9.98. The summed E-state index contributed by atoms with van der Waals surface area (Å²) in [5.41, 5.74) is 1.48. The summed E-state index contributed by atoms with van der Waals surface area (Å²) in [6.07, 6.45) is 5.12. The maximum absolute atomic E-state index is 12.4. The van der Waals surface area contributed by atoms with E-state index in [-0.39, 0.29) is 18.6 Å². The van der Waals surface area contributed by atoms with Crippen LogP contribution in [0.2, 0.25) is 0 Å². The number of esters is 1. The largest absolute Gasteiger partial charge is 0.459 e. The molecule has 0 saturated heterocycles. The minimum absolute atomic E-state index is 0.0229. The van der Waals surface area contributed by atoms with E-state index in [0.29, 0.717) is 22.4 Å². The Morgan fingerprint density at radius 2 is 1.50 bits per heavy atom. The lowest BCUT2D eigenvalue weighted by molar-refractivity contribution is -0.116. The van der Waals surface area contributed by atoms with Gasteiger partial charge in [-0.15, -0.1) is 0 Å². The number of benzene rings is 2. The Morgan fingerprint density at radius 1 is 0.900 bits per heavy atom. The molecule has 30 heavy (non-hydrogen) atoms. The third-order valence-corrected chi connectivity index (χ3v) is 5.41. The average molecular weight is 406 g/mol. The number of carbonyl (C=O) groups excluding carboxylic acids is 4. The maximum atomic E-state index is 12.4. The van der Waals surface area contributed by atoms with E-state index in [4.69, 9.17) is 4.74 Å². The van der Waals surface area contributed by atoms with Gasteiger partial charge in [0.25, 0.3) is 11.8 Å². The van der Waals surface area contributed by atoms with Crippen molar-refractivity contribution in [3.8, 4) is 0 Å². The van der Waals surface area contributed by atoms with Crippen LogP contribution in [0.4, 0.5) is 5.69 Å². The molecule has 1 fully saturated rings. The SMILES string of the molecule is O=C(CN1C(=O)c2ccccc2C1=O)Nc1ccc(C(=O)OC2CCCCC2)cc1. The molecular formula is C23H22N2O5. The third-order valence-electron chi connectivity index (χ3n) is 5.41. The first-order valence-corrected chi connectivity index (χ1v) is 10.1. The van der Waals surface area contributed by atoms with Gasteiger partial charge in [-0.2, -0.15) is 0 Å². The number of ether oxygens (including phenoxy) is 1. The number of rotatable bonds is 5. The molecule has 1 saturated carbocycles. The van der Waals surface area contributed by atoms with Crippen LogP contribution in [-0.4, -0.2) is 41.2 Å². The Balaban J connectivity index is 1.33. The zero-order valence-electron chi connectivity index (χ0n) is 16.4. The first-order valence-electron chi connectivity index (χ1n) is 10.1. The van der Waals surface area contributed by atoms with Gasteiger partial charge in [-0.1, -0.05) is 18.6 Å². The molecule has 2 aromatic carbocycles. The second-order valence-corrected chi connectivity index (χ2v) is 7.53. The van der Waals surface area contributed by atoms with Gasteiger partial charge in [0, 0.05) is 5.69 Å². The number of amides is 3. The second-order valence-electron chi connectivity index (χ2n) is 7.53. The minimum atomic E-state index is -0.498. The lowest BCUT2D eigenvalue weighted by Gasteiger charge is -2.21. The molecule has 3 amide bonds. The van der Waals surface area contributed by atoms with Gasteiger partial charge >= 0.3 is 5.97 Å². The highest BCUT2D eigenvalue weighted by Crippen LogP contribution is 2.23. The fourth-order valence-electron chi connectivity index (χ4n) is 3.82. The first-order chi connectivity index (χ1) is 14.5. The molecule has 0 spiro atoms. The standard InChI is InChI=1S/C23H22N2O5/c26-20(14-25-21(27)18-8-4-5-9-19(18)22(25)28)24-16-12-10-15(11-13-16)23(29)30-17-6-2-1-3-7-17/h4-5,8-13,17H,1-3,6-7,14H2,(H,24,26).